The summed E-state index contributed by atoms with van der Waals surface area (Å²) in [5, 5.41) is 15.4. The molecule has 0 atom stereocenters. The molecular formula is C22H18F3N5O2. The number of benzene rings is 2. The van der Waals surface area contributed by atoms with Gasteiger partial charge in [0.1, 0.15) is 11.3 Å². The maximum absolute atomic E-state index is 13.0. The molecule has 0 saturated carbocycles. The summed E-state index contributed by atoms with van der Waals surface area (Å²) in [7, 11) is 0. The minimum atomic E-state index is -4.53. The molecule has 0 aliphatic rings. The Kier molecular flexibility index (Phi) is 5.76. The van der Waals surface area contributed by atoms with Crippen molar-refractivity contribution in [3.8, 4) is 11.6 Å². The Hall–Kier alpha value is -3.95. The number of nitrogens with zero attached hydrogens (tertiary/aromatic N) is 4. The van der Waals surface area contributed by atoms with Crippen LogP contribution in [0.15, 0.2) is 60.9 Å². The Morgan fingerprint density at radius 3 is 2.69 bits per heavy atom. The second kappa shape index (κ2) is 8.66. The zero-order valence-corrected chi connectivity index (χ0v) is 16.9. The van der Waals surface area contributed by atoms with Crippen molar-refractivity contribution in [1.82, 2.24) is 25.3 Å². The Morgan fingerprint density at radius 2 is 1.94 bits per heavy atom. The van der Waals surface area contributed by atoms with Crippen LogP contribution >= 0.6 is 0 Å². The standard InChI is InChI=1S/C22H18F3N5O2/c1-14-12-27-30(13-14)10-9-26-20(31)19-17-7-2-3-8-18(17)28-29-21(19)32-16-6-4-5-15(11-16)22(23,24)25/h2-8,11-13H,9-10H2,1H3,(H,26,31). The van der Waals surface area contributed by atoms with Crippen molar-refractivity contribution in [3.05, 3.63) is 77.6 Å². The fraction of sp³-hybridized carbons (Fsp3) is 0.182. The molecule has 1 N–H and O–H groups in total. The third kappa shape index (κ3) is 4.69. The fourth-order valence-electron chi connectivity index (χ4n) is 3.14. The number of amides is 1. The summed E-state index contributed by atoms with van der Waals surface area (Å²) in [5.41, 5.74) is 0.670. The molecule has 2 heterocycles. The summed E-state index contributed by atoms with van der Waals surface area (Å²) in [4.78, 5) is 13.0. The van der Waals surface area contributed by atoms with E-state index in [0.29, 0.717) is 17.4 Å². The van der Waals surface area contributed by atoms with Gasteiger partial charge in [-0.15, -0.1) is 10.2 Å². The van der Waals surface area contributed by atoms with Crippen LogP contribution in [0.5, 0.6) is 11.6 Å². The Balaban J connectivity index is 1.63. The number of aromatic nitrogens is 4. The number of hydrogen-bond acceptors (Lipinski definition) is 5. The molecule has 0 aliphatic carbocycles. The number of alkyl halides is 3. The summed E-state index contributed by atoms with van der Waals surface area (Å²) in [5.74, 6) is -0.775. The van der Waals surface area contributed by atoms with Crippen LogP contribution in [-0.2, 0) is 12.7 Å². The Labute approximate surface area is 180 Å². The van der Waals surface area contributed by atoms with Gasteiger partial charge in [-0.1, -0.05) is 24.3 Å². The monoisotopic (exact) mass is 441 g/mol. The molecule has 0 aliphatic heterocycles. The van der Waals surface area contributed by atoms with E-state index in [1.807, 2.05) is 13.1 Å². The molecule has 0 bridgehead atoms. The SMILES string of the molecule is Cc1cnn(CCNC(=O)c2c(Oc3cccc(C(F)(F)F)c3)nnc3ccccc23)c1. The number of ether oxygens (including phenoxy) is 1. The molecule has 4 rings (SSSR count). The van der Waals surface area contributed by atoms with E-state index < -0.39 is 17.6 Å². The first-order chi connectivity index (χ1) is 15.3. The van der Waals surface area contributed by atoms with E-state index in [-0.39, 0.29) is 23.7 Å². The molecule has 7 nitrogen and oxygen atoms in total. The highest BCUT2D eigenvalue weighted by atomic mass is 19.4. The fourth-order valence-corrected chi connectivity index (χ4v) is 3.14. The van der Waals surface area contributed by atoms with Gasteiger partial charge in [0.25, 0.3) is 11.8 Å². The van der Waals surface area contributed by atoms with Crippen molar-refractivity contribution in [2.24, 2.45) is 0 Å². The minimum absolute atomic E-state index is 0.0876. The van der Waals surface area contributed by atoms with E-state index in [4.69, 9.17) is 4.74 Å². The number of fused-ring (bicyclic) bond motifs is 1. The van der Waals surface area contributed by atoms with Gasteiger partial charge in [0.15, 0.2) is 0 Å². The molecule has 4 aromatic rings. The number of carbonyl (C=O) groups excluding carboxylic acids is 1. The number of carbonyl (C=O) groups is 1. The lowest BCUT2D eigenvalue weighted by Gasteiger charge is -2.13. The van der Waals surface area contributed by atoms with Gasteiger partial charge in [-0.2, -0.15) is 18.3 Å². The lowest BCUT2D eigenvalue weighted by atomic mass is 10.1. The number of aryl methyl sites for hydroxylation is 1. The molecule has 0 fully saturated rings. The molecule has 0 unspecified atom stereocenters. The highest BCUT2D eigenvalue weighted by molar-refractivity contribution is 6.07. The predicted octanol–water partition coefficient (Wildman–Crippen LogP) is 4.38. The third-order valence-corrected chi connectivity index (χ3v) is 4.63. The summed E-state index contributed by atoms with van der Waals surface area (Å²) in [6.45, 7) is 2.63. The Morgan fingerprint density at radius 1 is 1.12 bits per heavy atom. The summed E-state index contributed by atoms with van der Waals surface area (Å²) < 4.78 is 46.4. The van der Waals surface area contributed by atoms with E-state index in [1.165, 1.54) is 12.1 Å². The zero-order chi connectivity index (χ0) is 22.7. The van der Waals surface area contributed by atoms with Crippen LogP contribution in [0.1, 0.15) is 21.5 Å². The van der Waals surface area contributed by atoms with Gasteiger partial charge < -0.3 is 10.1 Å². The largest absolute Gasteiger partial charge is 0.437 e. The average Bonchev–Trinajstić information content (AvgIpc) is 3.18. The zero-order valence-electron chi connectivity index (χ0n) is 16.9. The van der Waals surface area contributed by atoms with Gasteiger partial charge in [-0.3, -0.25) is 9.48 Å². The molecule has 32 heavy (non-hydrogen) atoms. The van der Waals surface area contributed by atoms with Crippen LogP contribution in [0.4, 0.5) is 13.2 Å². The van der Waals surface area contributed by atoms with Gasteiger partial charge in [-0.05, 0) is 36.8 Å². The van der Waals surface area contributed by atoms with Gasteiger partial charge in [0, 0.05) is 18.1 Å². The van der Waals surface area contributed by atoms with E-state index in [1.54, 1.807) is 35.1 Å². The van der Waals surface area contributed by atoms with Crippen molar-refractivity contribution in [3.63, 3.8) is 0 Å². The average molecular weight is 441 g/mol. The first kappa shape index (κ1) is 21.3. The molecule has 2 aromatic carbocycles. The van der Waals surface area contributed by atoms with Crippen molar-refractivity contribution in [2.75, 3.05) is 6.54 Å². The second-order valence-electron chi connectivity index (χ2n) is 7.06. The normalized spacial score (nSPS) is 11.5. The number of rotatable bonds is 6. The van der Waals surface area contributed by atoms with E-state index in [9.17, 15) is 18.0 Å². The van der Waals surface area contributed by atoms with Crippen molar-refractivity contribution < 1.29 is 22.7 Å². The number of nitrogens with one attached hydrogen (secondary N) is 1. The quantitative estimate of drug-likeness (QED) is 0.480. The van der Waals surface area contributed by atoms with Gasteiger partial charge in [0.05, 0.1) is 23.8 Å². The van der Waals surface area contributed by atoms with E-state index in [2.05, 4.69) is 20.6 Å². The number of hydrogen-bond donors (Lipinski definition) is 1. The van der Waals surface area contributed by atoms with E-state index >= 15 is 0 Å². The van der Waals surface area contributed by atoms with E-state index in [0.717, 1.165) is 17.7 Å². The van der Waals surface area contributed by atoms with Crippen LogP contribution in [0.25, 0.3) is 10.9 Å². The molecule has 0 radical (unpaired) electrons. The predicted molar refractivity (Wildman–Crippen MR) is 110 cm³/mol. The summed E-state index contributed by atoms with van der Waals surface area (Å²) in [6, 6.07) is 11.2. The van der Waals surface area contributed by atoms with Crippen LogP contribution in [0, 0.1) is 6.92 Å². The first-order valence-corrected chi connectivity index (χ1v) is 9.69. The van der Waals surface area contributed by atoms with Crippen LogP contribution < -0.4 is 10.1 Å². The molecule has 2 aromatic heterocycles. The van der Waals surface area contributed by atoms with Crippen molar-refractivity contribution in [1.29, 1.82) is 0 Å². The lowest BCUT2D eigenvalue weighted by Crippen LogP contribution is -2.28. The minimum Gasteiger partial charge on any atom is -0.437 e. The molecular weight excluding hydrogens is 423 g/mol. The van der Waals surface area contributed by atoms with Gasteiger partial charge in [-0.25, -0.2) is 0 Å². The molecule has 164 valence electrons. The van der Waals surface area contributed by atoms with Crippen LogP contribution in [0.3, 0.4) is 0 Å². The van der Waals surface area contributed by atoms with Crippen molar-refractivity contribution in [2.45, 2.75) is 19.6 Å². The van der Waals surface area contributed by atoms with Crippen LogP contribution in [0.2, 0.25) is 0 Å². The molecule has 0 spiro atoms. The number of halogens is 3. The molecule has 1 amide bonds. The highest BCUT2D eigenvalue weighted by Crippen LogP contribution is 2.33. The molecule has 0 saturated heterocycles. The second-order valence-corrected chi connectivity index (χ2v) is 7.06. The third-order valence-electron chi connectivity index (χ3n) is 4.63. The first-order valence-electron chi connectivity index (χ1n) is 9.69. The van der Waals surface area contributed by atoms with Crippen LogP contribution in [-0.4, -0.2) is 32.4 Å². The maximum atomic E-state index is 13.0. The summed E-state index contributed by atoms with van der Waals surface area (Å²) >= 11 is 0. The maximum Gasteiger partial charge on any atom is 0.416 e. The highest BCUT2D eigenvalue weighted by Gasteiger charge is 2.31. The topological polar surface area (TPSA) is 81.9 Å². The van der Waals surface area contributed by atoms with Crippen molar-refractivity contribution >= 4 is 16.8 Å². The summed E-state index contributed by atoms with van der Waals surface area (Å²) in [6.07, 6.45) is -0.972. The molecule has 10 heteroatoms. The Bertz CT molecular complexity index is 1270. The smallest absolute Gasteiger partial charge is 0.416 e. The van der Waals surface area contributed by atoms with Gasteiger partial charge in [0.2, 0.25) is 0 Å². The lowest BCUT2D eigenvalue weighted by molar-refractivity contribution is -0.137. The van der Waals surface area contributed by atoms with Gasteiger partial charge >= 0.3 is 6.18 Å².